The molecule has 0 N–H and O–H groups in total. The third-order valence-corrected chi connectivity index (χ3v) is 1.87. The van der Waals surface area contributed by atoms with Crippen molar-refractivity contribution in [3.63, 3.8) is 0 Å². The molecule has 0 radical (unpaired) electrons. The van der Waals surface area contributed by atoms with Crippen LogP contribution in [0.4, 0.5) is 0 Å². The summed E-state index contributed by atoms with van der Waals surface area (Å²) in [5, 5.41) is 0. The SMILES string of the molecule is COc1cccc2c1C=CCO2. The Bertz CT molecular complexity index is 316. The predicted octanol–water partition coefficient (Wildman–Crippen LogP) is 2.10. The summed E-state index contributed by atoms with van der Waals surface area (Å²) in [4.78, 5) is 0. The zero-order valence-electron chi connectivity index (χ0n) is 6.91. The summed E-state index contributed by atoms with van der Waals surface area (Å²) in [7, 11) is 1.66. The van der Waals surface area contributed by atoms with Gasteiger partial charge < -0.3 is 9.47 Å². The van der Waals surface area contributed by atoms with Crippen molar-refractivity contribution in [1.82, 2.24) is 0 Å². The van der Waals surface area contributed by atoms with Crippen LogP contribution in [0.15, 0.2) is 24.3 Å². The highest BCUT2D eigenvalue weighted by Gasteiger charge is 2.09. The molecule has 1 aromatic carbocycles. The third kappa shape index (κ3) is 1.05. The largest absolute Gasteiger partial charge is 0.496 e. The first-order valence-electron chi connectivity index (χ1n) is 3.88. The van der Waals surface area contributed by atoms with E-state index >= 15 is 0 Å². The number of methoxy groups -OCH3 is 1. The average molecular weight is 162 g/mol. The van der Waals surface area contributed by atoms with Gasteiger partial charge in [-0.2, -0.15) is 0 Å². The molecule has 1 aliphatic rings. The zero-order valence-corrected chi connectivity index (χ0v) is 6.91. The van der Waals surface area contributed by atoms with Crippen LogP contribution in [0, 0.1) is 0 Å². The molecule has 0 aliphatic carbocycles. The topological polar surface area (TPSA) is 18.5 Å². The van der Waals surface area contributed by atoms with Gasteiger partial charge in [0.25, 0.3) is 0 Å². The summed E-state index contributed by atoms with van der Waals surface area (Å²) in [5.41, 5.74) is 1.03. The molecule has 0 fully saturated rings. The van der Waals surface area contributed by atoms with Crippen LogP contribution >= 0.6 is 0 Å². The average Bonchev–Trinajstić information content (AvgIpc) is 2.17. The van der Waals surface area contributed by atoms with Crippen LogP contribution in [-0.2, 0) is 0 Å². The fourth-order valence-electron chi connectivity index (χ4n) is 1.30. The van der Waals surface area contributed by atoms with Gasteiger partial charge in [0.2, 0.25) is 0 Å². The quantitative estimate of drug-likeness (QED) is 0.629. The van der Waals surface area contributed by atoms with Gasteiger partial charge >= 0.3 is 0 Å². The Morgan fingerprint density at radius 2 is 2.33 bits per heavy atom. The lowest BCUT2D eigenvalue weighted by Gasteiger charge is -2.14. The maximum absolute atomic E-state index is 5.40. The zero-order chi connectivity index (χ0) is 8.39. The number of fused-ring (bicyclic) bond motifs is 1. The Morgan fingerprint density at radius 3 is 3.17 bits per heavy atom. The van der Waals surface area contributed by atoms with Gasteiger partial charge in [-0.3, -0.25) is 0 Å². The molecule has 0 unspecified atom stereocenters. The molecule has 0 spiro atoms. The Labute approximate surface area is 71.4 Å². The van der Waals surface area contributed by atoms with Crippen LogP contribution < -0.4 is 9.47 Å². The van der Waals surface area contributed by atoms with Crippen molar-refractivity contribution in [3.05, 3.63) is 29.8 Å². The van der Waals surface area contributed by atoms with E-state index in [0.29, 0.717) is 6.61 Å². The summed E-state index contributed by atoms with van der Waals surface area (Å²) in [6.07, 6.45) is 4.00. The Balaban J connectivity index is 2.54. The highest BCUT2D eigenvalue weighted by atomic mass is 16.5. The van der Waals surface area contributed by atoms with E-state index in [4.69, 9.17) is 9.47 Å². The minimum absolute atomic E-state index is 0.653. The van der Waals surface area contributed by atoms with Gasteiger partial charge in [-0.05, 0) is 24.3 Å². The van der Waals surface area contributed by atoms with E-state index in [-0.39, 0.29) is 0 Å². The molecule has 62 valence electrons. The molecular weight excluding hydrogens is 152 g/mol. The molecule has 1 aliphatic heterocycles. The Morgan fingerprint density at radius 1 is 1.42 bits per heavy atom. The van der Waals surface area contributed by atoms with E-state index in [9.17, 15) is 0 Å². The maximum atomic E-state index is 5.40. The van der Waals surface area contributed by atoms with Gasteiger partial charge in [0.1, 0.15) is 18.1 Å². The summed E-state index contributed by atoms with van der Waals surface area (Å²) in [6.45, 7) is 0.653. The normalized spacial score (nSPS) is 13.4. The molecule has 2 rings (SSSR count). The molecule has 0 aromatic heterocycles. The van der Waals surface area contributed by atoms with Crippen molar-refractivity contribution >= 4 is 6.08 Å². The maximum Gasteiger partial charge on any atom is 0.130 e. The second kappa shape index (κ2) is 2.89. The first-order chi connectivity index (χ1) is 5.92. The third-order valence-electron chi connectivity index (χ3n) is 1.87. The minimum Gasteiger partial charge on any atom is -0.496 e. The van der Waals surface area contributed by atoms with E-state index in [1.165, 1.54) is 0 Å². The summed E-state index contributed by atoms with van der Waals surface area (Å²) in [6, 6.07) is 5.80. The van der Waals surface area contributed by atoms with Crippen LogP contribution in [0.5, 0.6) is 11.5 Å². The van der Waals surface area contributed by atoms with Crippen molar-refractivity contribution < 1.29 is 9.47 Å². The first kappa shape index (κ1) is 7.22. The number of ether oxygens (including phenoxy) is 2. The molecule has 2 heteroatoms. The van der Waals surface area contributed by atoms with Gasteiger partial charge in [-0.25, -0.2) is 0 Å². The lowest BCUT2D eigenvalue weighted by molar-refractivity contribution is 0.351. The molecule has 0 amide bonds. The number of benzene rings is 1. The number of hydrogen-bond donors (Lipinski definition) is 0. The van der Waals surface area contributed by atoms with Crippen molar-refractivity contribution in [2.75, 3.05) is 13.7 Å². The van der Waals surface area contributed by atoms with E-state index in [1.807, 2.05) is 30.4 Å². The van der Waals surface area contributed by atoms with Crippen molar-refractivity contribution in [3.8, 4) is 11.5 Å². The molecular formula is C10H10O2. The summed E-state index contributed by atoms with van der Waals surface area (Å²) < 4.78 is 10.6. The van der Waals surface area contributed by atoms with Crippen molar-refractivity contribution in [2.45, 2.75) is 0 Å². The number of hydrogen-bond acceptors (Lipinski definition) is 2. The van der Waals surface area contributed by atoms with E-state index in [0.717, 1.165) is 17.1 Å². The van der Waals surface area contributed by atoms with Crippen molar-refractivity contribution in [1.29, 1.82) is 0 Å². The number of rotatable bonds is 1. The van der Waals surface area contributed by atoms with Crippen LogP contribution in [0.2, 0.25) is 0 Å². The fourth-order valence-corrected chi connectivity index (χ4v) is 1.30. The monoisotopic (exact) mass is 162 g/mol. The van der Waals surface area contributed by atoms with E-state index < -0.39 is 0 Å². The highest BCUT2D eigenvalue weighted by molar-refractivity contribution is 5.65. The molecule has 0 atom stereocenters. The van der Waals surface area contributed by atoms with Crippen LogP contribution in [0.1, 0.15) is 5.56 Å². The molecule has 2 nitrogen and oxygen atoms in total. The Kier molecular flexibility index (Phi) is 1.74. The minimum atomic E-state index is 0.653. The standard InChI is InChI=1S/C10H10O2/c1-11-9-5-2-6-10-8(9)4-3-7-12-10/h2-6H,7H2,1H3. The second-order valence-electron chi connectivity index (χ2n) is 2.59. The highest BCUT2D eigenvalue weighted by Crippen LogP contribution is 2.31. The van der Waals surface area contributed by atoms with Gasteiger partial charge in [0.05, 0.1) is 12.7 Å². The lowest BCUT2D eigenvalue weighted by atomic mass is 10.1. The van der Waals surface area contributed by atoms with Gasteiger partial charge in [0, 0.05) is 0 Å². The predicted molar refractivity (Wildman–Crippen MR) is 47.5 cm³/mol. The molecule has 1 heterocycles. The first-order valence-corrected chi connectivity index (χ1v) is 3.88. The molecule has 12 heavy (non-hydrogen) atoms. The van der Waals surface area contributed by atoms with Gasteiger partial charge in [0.15, 0.2) is 0 Å². The lowest BCUT2D eigenvalue weighted by Crippen LogP contribution is -2.01. The Hall–Kier alpha value is -1.44. The summed E-state index contributed by atoms with van der Waals surface area (Å²) >= 11 is 0. The van der Waals surface area contributed by atoms with Crippen molar-refractivity contribution in [2.24, 2.45) is 0 Å². The molecule has 0 saturated carbocycles. The van der Waals surface area contributed by atoms with Crippen LogP contribution in [0.25, 0.3) is 6.08 Å². The van der Waals surface area contributed by atoms with Crippen LogP contribution in [-0.4, -0.2) is 13.7 Å². The smallest absolute Gasteiger partial charge is 0.130 e. The van der Waals surface area contributed by atoms with Crippen LogP contribution in [0.3, 0.4) is 0 Å². The summed E-state index contributed by atoms with van der Waals surface area (Å²) in [5.74, 6) is 1.76. The van der Waals surface area contributed by atoms with Gasteiger partial charge in [-0.15, -0.1) is 0 Å². The molecule has 1 aromatic rings. The molecule has 0 saturated heterocycles. The second-order valence-corrected chi connectivity index (χ2v) is 2.59. The van der Waals surface area contributed by atoms with E-state index in [1.54, 1.807) is 7.11 Å². The van der Waals surface area contributed by atoms with Gasteiger partial charge in [-0.1, -0.05) is 6.07 Å². The molecule has 0 bridgehead atoms. The van der Waals surface area contributed by atoms with E-state index in [2.05, 4.69) is 0 Å². The fraction of sp³-hybridized carbons (Fsp3) is 0.200.